The van der Waals surface area contributed by atoms with E-state index in [0.717, 1.165) is 31.2 Å². The van der Waals surface area contributed by atoms with Crippen LogP contribution in [0.5, 0.6) is 0 Å². The van der Waals surface area contributed by atoms with Gasteiger partial charge in [0.2, 0.25) is 0 Å². The van der Waals surface area contributed by atoms with Crippen molar-refractivity contribution in [3.8, 4) is 0 Å². The highest BCUT2D eigenvalue weighted by Gasteiger charge is 2.34. The van der Waals surface area contributed by atoms with E-state index in [1.807, 2.05) is 36.7 Å². The molecule has 0 unspecified atom stereocenters. The molecule has 2 aromatic heterocycles. The first kappa shape index (κ1) is 17.9. The molecule has 0 aromatic carbocycles. The molecular weight excluding hydrogens is 328 g/mol. The lowest BCUT2D eigenvalue weighted by Gasteiger charge is -2.37. The van der Waals surface area contributed by atoms with E-state index in [-0.39, 0.29) is 5.41 Å². The quantitative estimate of drug-likeness (QED) is 0.612. The minimum absolute atomic E-state index is 0.269. The smallest absolute Gasteiger partial charge is 0.191 e. The Bertz CT molecular complexity index is 646. The third kappa shape index (κ3) is 4.82. The zero-order chi connectivity index (χ0) is 17.4. The van der Waals surface area contributed by atoms with Crippen molar-refractivity contribution in [1.82, 2.24) is 15.6 Å². The van der Waals surface area contributed by atoms with Crippen molar-refractivity contribution >= 4 is 17.3 Å². The van der Waals surface area contributed by atoms with Crippen molar-refractivity contribution in [3.05, 3.63) is 52.5 Å². The van der Waals surface area contributed by atoms with Gasteiger partial charge in [0.15, 0.2) is 5.96 Å². The van der Waals surface area contributed by atoms with E-state index in [9.17, 15) is 0 Å². The number of thiophene rings is 1. The molecular formula is C20H28N4S. The minimum atomic E-state index is 0.269. The minimum Gasteiger partial charge on any atom is -0.356 e. The maximum Gasteiger partial charge on any atom is 0.191 e. The predicted molar refractivity (Wildman–Crippen MR) is 106 cm³/mol. The number of rotatable bonds is 6. The van der Waals surface area contributed by atoms with Gasteiger partial charge in [0.1, 0.15) is 0 Å². The fourth-order valence-electron chi connectivity index (χ4n) is 3.65. The standard InChI is InChI=1S/C20H28N4S/c1-21-19(23-14-10-17-8-3-6-13-22-17)24-16-20(11-4-2-5-12-20)18-9-7-15-25-18/h3,6-9,13,15H,2,4-5,10-12,14,16H2,1H3,(H2,21,23,24). The number of nitrogens with zero attached hydrogens (tertiary/aromatic N) is 2. The van der Waals surface area contributed by atoms with Gasteiger partial charge in [0.25, 0.3) is 0 Å². The summed E-state index contributed by atoms with van der Waals surface area (Å²) in [4.78, 5) is 10.3. The summed E-state index contributed by atoms with van der Waals surface area (Å²) in [6.45, 7) is 1.79. The van der Waals surface area contributed by atoms with Gasteiger partial charge in [0.05, 0.1) is 0 Å². The van der Waals surface area contributed by atoms with Crippen LogP contribution in [-0.4, -0.2) is 31.1 Å². The Kier molecular flexibility index (Phi) is 6.45. The summed E-state index contributed by atoms with van der Waals surface area (Å²) in [5.74, 6) is 0.887. The van der Waals surface area contributed by atoms with Crippen LogP contribution in [-0.2, 0) is 11.8 Å². The van der Waals surface area contributed by atoms with Crippen LogP contribution in [0.4, 0.5) is 0 Å². The Morgan fingerprint density at radius 2 is 2.04 bits per heavy atom. The molecule has 0 spiro atoms. The number of hydrogen-bond acceptors (Lipinski definition) is 3. The highest BCUT2D eigenvalue weighted by atomic mass is 32.1. The zero-order valence-electron chi connectivity index (χ0n) is 15.0. The molecule has 1 saturated carbocycles. The molecule has 0 aliphatic heterocycles. The summed E-state index contributed by atoms with van der Waals surface area (Å²) in [5.41, 5.74) is 1.37. The second kappa shape index (κ2) is 8.99. The summed E-state index contributed by atoms with van der Waals surface area (Å²) >= 11 is 1.89. The summed E-state index contributed by atoms with van der Waals surface area (Å²) in [7, 11) is 1.84. The molecule has 4 nitrogen and oxygen atoms in total. The van der Waals surface area contributed by atoms with Gasteiger partial charge in [-0.2, -0.15) is 0 Å². The first-order valence-electron chi connectivity index (χ1n) is 9.21. The third-order valence-electron chi connectivity index (χ3n) is 5.07. The maximum atomic E-state index is 4.39. The molecule has 1 aliphatic carbocycles. The van der Waals surface area contributed by atoms with Gasteiger partial charge in [-0.1, -0.05) is 31.4 Å². The Morgan fingerprint density at radius 3 is 2.72 bits per heavy atom. The van der Waals surface area contributed by atoms with E-state index in [0.29, 0.717) is 0 Å². The third-order valence-corrected chi connectivity index (χ3v) is 6.19. The van der Waals surface area contributed by atoms with Crippen molar-refractivity contribution in [3.63, 3.8) is 0 Å². The number of nitrogens with one attached hydrogen (secondary N) is 2. The highest BCUT2D eigenvalue weighted by molar-refractivity contribution is 7.10. The molecule has 0 saturated heterocycles. The maximum absolute atomic E-state index is 4.39. The van der Waals surface area contributed by atoms with Crippen molar-refractivity contribution < 1.29 is 0 Å². The van der Waals surface area contributed by atoms with Crippen LogP contribution < -0.4 is 10.6 Å². The molecule has 134 valence electrons. The molecule has 25 heavy (non-hydrogen) atoms. The zero-order valence-corrected chi connectivity index (χ0v) is 15.8. The van der Waals surface area contributed by atoms with Gasteiger partial charge >= 0.3 is 0 Å². The summed E-state index contributed by atoms with van der Waals surface area (Å²) in [6, 6.07) is 10.5. The van der Waals surface area contributed by atoms with Gasteiger partial charge in [0, 0.05) is 48.7 Å². The predicted octanol–water partition coefficient (Wildman–Crippen LogP) is 3.75. The molecule has 0 amide bonds. The van der Waals surface area contributed by atoms with Crippen LogP contribution in [0, 0.1) is 0 Å². The highest BCUT2D eigenvalue weighted by Crippen LogP contribution is 2.41. The second-order valence-corrected chi connectivity index (χ2v) is 7.69. The molecule has 5 heteroatoms. The van der Waals surface area contributed by atoms with Gasteiger partial charge in [-0.3, -0.25) is 9.98 Å². The number of aliphatic imine (C=N–C) groups is 1. The fraction of sp³-hybridized carbons (Fsp3) is 0.500. The van der Waals surface area contributed by atoms with Crippen LogP contribution in [0.15, 0.2) is 46.9 Å². The number of hydrogen-bond donors (Lipinski definition) is 2. The van der Waals surface area contributed by atoms with Crippen LogP contribution in [0.3, 0.4) is 0 Å². The molecule has 2 heterocycles. The van der Waals surface area contributed by atoms with Gasteiger partial charge in [-0.25, -0.2) is 0 Å². The van der Waals surface area contributed by atoms with E-state index in [4.69, 9.17) is 0 Å². The lowest BCUT2D eigenvalue weighted by Crippen LogP contribution is -2.46. The molecule has 1 fully saturated rings. The average Bonchev–Trinajstić information content (AvgIpc) is 3.21. The summed E-state index contributed by atoms with van der Waals surface area (Å²) < 4.78 is 0. The Labute approximate surface area is 154 Å². The van der Waals surface area contributed by atoms with Crippen LogP contribution in [0.25, 0.3) is 0 Å². The van der Waals surface area contributed by atoms with Crippen LogP contribution >= 0.6 is 11.3 Å². The fourth-order valence-corrected chi connectivity index (χ4v) is 4.63. The molecule has 0 radical (unpaired) electrons. The second-order valence-electron chi connectivity index (χ2n) is 6.74. The largest absolute Gasteiger partial charge is 0.356 e. The molecule has 2 N–H and O–H groups in total. The Hall–Kier alpha value is -1.88. The van der Waals surface area contributed by atoms with E-state index < -0.39 is 0 Å². The van der Waals surface area contributed by atoms with Gasteiger partial charge < -0.3 is 10.6 Å². The Balaban J connectivity index is 1.54. The lowest BCUT2D eigenvalue weighted by atomic mass is 9.73. The van der Waals surface area contributed by atoms with Gasteiger partial charge in [-0.15, -0.1) is 11.3 Å². The van der Waals surface area contributed by atoms with Crippen molar-refractivity contribution in [2.75, 3.05) is 20.1 Å². The summed E-state index contributed by atoms with van der Waals surface area (Å²) in [5, 5.41) is 9.20. The molecule has 2 aromatic rings. The summed E-state index contributed by atoms with van der Waals surface area (Å²) in [6.07, 6.45) is 9.30. The van der Waals surface area contributed by atoms with Crippen LogP contribution in [0.2, 0.25) is 0 Å². The van der Waals surface area contributed by atoms with Crippen molar-refractivity contribution in [2.24, 2.45) is 4.99 Å². The molecule has 0 atom stereocenters. The number of pyridine rings is 1. The van der Waals surface area contributed by atoms with Crippen LogP contribution in [0.1, 0.15) is 42.7 Å². The topological polar surface area (TPSA) is 49.3 Å². The molecule has 0 bridgehead atoms. The number of guanidine groups is 1. The monoisotopic (exact) mass is 356 g/mol. The first-order chi connectivity index (χ1) is 12.3. The molecule has 3 rings (SSSR count). The van der Waals surface area contributed by atoms with E-state index in [1.165, 1.54) is 37.0 Å². The first-order valence-corrected chi connectivity index (χ1v) is 10.1. The molecule has 1 aliphatic rings. The normalized spacial score (nSPS) is 17.2. The SMILES string of the molecule is CN=C(NCCc1ccccn1)NCC1(c2cccs2)CCCCC1. The Morgan fingerprint density at radius 1 is 1.16 bits per heavy atom. The lowest BCUT2D eigenvalue weighted by molar-refractivity contribution is 0.296. The number of aromatic nitrogens is 1. The van der Waals surface area contributed by atoms with Crippen molar-refractivity contribution in [2.45, 2.75) is 43.9 Å². The van der Waals surface area contributed by atoms with Gasteiger partial charge in [-0.05, 0) is 36.4 Å². The average molecular weight is 357 g/mol. The van der Waals surface area contributed by atoms with E-state index in [2.05, 4.69) is 44.2 Å². The van der Waals surface area contributed by atoms with E-state index >= 15 is 0 Å². The van der Waals surface area contributed by atoms with E-state index in [1.54, 1.807) is 0 Å². The van der Waals surface area contributed by atoms with Crippen molar-refractivity contribution in [1.29, 1.82) is 0 Å².